The maximum atomic E-state index is 12.8. The van der Waals surface area contributed by atoms with Crippen molar-refractivity contribution in [1.29, 1.82) is 0 Å². The van der Waals surface area contributed by atoms with Crippen LogP contribution in [0.15, 0.2) is 0 Å². The summed E-state index contributed by atoms with van der Waals surface area (Å²) in [6.45, 7) is 6.18. The first-order valence-electron chi connectivity index (χ1n) is 11.4. The molecule has 0 aromatic carbocycles. The van der Waals surface area contributed by atoms with E-state index in [0.29, 0.717) is 0 Å². The number of methoxy groups -OCH3 is 1. The van der Waals surface area contributed by atoms with Crippen LogP contribution in [0.25, 0.3) is 0 Å². The highest BCUT2D eigenvalue weighted by molar-refractivity contribution is 7.18. The fourth-order valence-electron chi connectivity index (χ4n) is 3.20. The van der Waals surface area contributed by atoms with Crippen molar-refractivity contribution in [2.45, 2.75) is 91.3 Å². The first-order chi connectivity index (χ1) is 15.3. The molecule has 0 radical (unpaired) electrons. The summed E-state index contributed by atoms with van der Waals surface area (Å²) in [5, 5.41) is 12.2. The monoisotopic (exact) mass is 471 g/mol. The van der Waals surface area contributed by atoms with E-state index in [1.807, 2.05) is 6.92 Å². The molecule has 8 nitrogen and oxygen atoms in total. The summed E-state index contributed by atoms with van der Waals surface area (Å²) in [5.41, 5.74) is 0.00737. The molecule has 1 atom stereocenters. The molecule has 2 N–H and O–H groups in total. The number of nitrogens with one attached hydrogen (secondary N) is 1. The fraction of sp³-hybridized carbons (Fsp3) is 0.696. The molecule has 1 aromatic rings. The van der Waals surface area contributed by atoms with E-state index in [4.69, 9.17) is 14.2 Å². The number of esters is 1. The van der Waals surface area contributed by atoms with Gasteiger partial charge >= 0.3 is 18.0 Å². The predicted molar refractivity (Wildman–Crippen MR) is 125 cm³/mol. The average Bonchev–Trinajstić information content (AvgIpc) is 3.09. The van der Waals surface area contributed by atoms with Crippen LogP contribution in [0.3, 0.4) is 0 Å². The van der Waals surface area contributed by atoms with Gasteiger partial charge in [-0.05, 0) is 26.2 Å². The van der Waals surface area contributed by atoms with E-state index in [9.17, 15) is 19.5 Å². The van der Waals surface area contributed by atoms with Crippen LogP contribution in [0.2, 0.25) is 0 Å². The van der Waals surface area contributed by atoms with E-state index < -0.39 is 18.0 Å². The van der Waals surface area contributed by atoms with E-state index in [2.05, 4.69) is 19.2 Å². The maximum Gasteiger partial charge on any atom is 0.412 e. The van der Waals surface area contributed by atoms with Crippen molar-refractivity contribution in [3.63, 3.8) is 0 Å². The molecule has 32 heavy (non-hydrogen) atoms. The summed E-state index contributed by atoms with van der Waals surface area (Å²) in [6, 6.07) is 0. The number of anilines is 1. The van der Waals surface area contributed by atoms with E-state index >= 15 is 0 Å². The Kier molecular flexibility index (Phi) is 13.6. The Balaban J connectivity index is 2.89. The molecule has 1 heterocycles. The lowest BCUT2D eigenvalue weighted by atomic mass is 10.1. The van der Waals surface area contributed by atoms with Crippen molar-refractivity contribution in [2.24, 2.45) is 0 Å². The molecule has 1 aromatic heterocycles. The lowest BCUT2D eigenvalue weighted by Crippen LogP contribution is -2.16. The van der Waals surface area contributed by atoms with Gasteiger partial charge in [0.1, 0.15) is 15.4 Å². The number of ether oxygens (including phenoxy) is 3. The third-order valence-electron chi connectivity index (χ3n) is 4.91. The number of carbonyl (C=O) groups is 3. The van der Waals surface area contributed by atoms with Gasteiger partial charge < -0.3 is 19.3 Å². The number of hydrogen-bond acceptors (Lipinski definition) is 7. The molecule has 1 rings (SSSR count). The van der Waals surface area contributed by atoms with Gasteiger partial charge in [-0.15, -0.1) is 11.3 Å². The molecule has 0 saturated carbocycles. The smallest absolute Gasteiger partial charge is 0.412 e. The van der Waals surface area contributed by atoms with Crippen LogP contribution in [-0.4, -0.2) is 43.0 Å². The van der Waals surface area contributed by atoms with Crippen LogP contribution in [0.4, 0.5) is 9.80 Å². The number of rotatable bonds is 16. The largest absolute Gasteiger partial charge is 0.478 e. The standard InChI is InChI=1S/C23H37NO7S/c1-5-7-9-10-12-14-30-23(28)24-20-18(21(25)26)17(15-29-4)19(32-20)22(27)31-16(3)13-11-8-6-2/h16H,5-15H2,1-4H3,(H,24,28)(H,25,26). The van der Waals surface area contributed by atoms with Crippen molar-refractivity contribution in [2.75, 3.05) is 19.0 Å². The first kappa shape index (κ1) is 27.9. The Morgan fingerprint density at radius 3 is 2.31 bits per heavy atom. The van der Waals surface area contributed by atoms with Gasteiger partial charge in [-0.25, -0.2) is 14.4 Å². The zero-order valence-corrected chi connectivity index (χ0v) is 20.5. The molecule has 0 fully saturated rings. The van der Waals surface area contributed by atoms with Crippen LogP contribution in [0.5, 0.6) is 0 Å². The SMILES string of the molecule is CCCCCCCOC(=O)Nc1sc(C(=O)OC(C)CCCCC)c(COC)c1C(=O)O. The van der Waals surface area contributed by atoms with Crippen molar-refractivity contribution < 1.29 is 33.7 Å². The zero-order chi connectivity index (χ0) is 23.9. The lowest BCUT2D eigenvalue weighted by Gasteiger charge is -2.13. The summed E-state index contributed by atoms with van der Waals surface area (Å²) in [4.78, 5) is 36.9. The molecule has 0 aliphatic rings. The van der Waals surface area contributed by atoms with E-state index in [1.54, 1.807) is 0 Å². The van der Waals surface area contributed by atoms with E-state index in [1.165, 1.54) is 7.11 Å². The van der Waals surface area contributed by atoms with Crippen LogP contribution < -0.4 is 5.32 Å². The van der Waals surface area contributed by atoms with Crippen LogP contribution in [0.1, 0.15) is 104 Å². The second-order valence-corrected chi connectivity index (χ2v) is 8.76. The van der Waals surface area contributed by atoms with Gasteiger partial charge in [0.05, 0.1) is 19.3 Å². The van der Waals surface area contributed by atoms with Gasteiger partial charge in [0.15, 0.2) is 0 Å². The summed E-state index contributed by atoms with van der Waals surface area (Å²) in [6.07, 6.45) is 7.79. The Hall–Kier alpha value is -2.13. The number of aromatic carboxylic acids is 1. The normalized spacial score (nSPS) is 11.8. The zero-order valence-electron chi connectivity index (χ0n) is 19.7. The van der Waals surface area contributed by atoms with Gasteiger partial charge in [0.2, 0.25) is 0 Å². The first-order valence-corrected chi connectivity index (χ1v) is 12.2. The summed E-state index contributed by atoms with van der Waals surface area (Å²) < 4.78 is 15.8. The quantitative estimate of drug-likeness (QED) is 0.217. The molecular weight excluding hydrogens is 434 g/mol. The van der Waals surface area contributed by atoms with Gasteiger partial charge in [0.25, 0.3) is 0 Å². The van der Waals surface area contributed by atoms with Gasteiger partial charge in [0, 0.05) is 12.7 Å². The summed E-state index contributed by atoms with van der Waals surface area (Å²) >= 11 is 0.864. The molecule has 9 heteroatoms. The number of carbonyl (C=O) groups excluding carboxylic acids is 2. The highest BCUT2D eigenvalue weighted by atomic mass is 32.1. The summed E-state index contributed by atoms with van der Waals surface area (Å²) in [5.74, 6) is -1.89. The number of hydrogen-bond donors (Lipinski definition) is 2. The Labute approximate surface area is 194 Å². The number of carboxylic acids is 1. The lowest BCUT2D eigenvalue weighted by molar-refractivity contribution is 0.0321. The molecule has 0 aliphatic carbocycles. The molecule has 1 amide bonds. The van der Waals surface area contributed by atoms with Crippen LogP contribution in [-0.2, 0) is 20.8 Å². The average molecular weight is 472 g/mol. The van der Waals surface area contributed by atoms with Gasteiger partial charge in [-0.2, -0.15) is 0 Å². The van der Waals surface area contributed by atoms with Crippen molar-refractivity contribution in [3.05, 3.63) is 16.0 Å². The molecule has 182 valence electrons. The number of unbranched alkanes of at least 4 members (excludes halogenated alkanes) is 6. The molecule has 0 aliphatic heterocycles. The minimum atomic E-state index is -1.27. The van der Waals surface area contributed by atoms with Crippen LogP contribution >= 0.6 is 11.3 Å². The number of carboxylic acid groups (broad SMARTS) is 1. The van der Waals surface area contributed by atoms with Crippen LogP contribution in [0, 0.1) is 0 Å². The predicted octanol–water partition coefficient (Wildman–Crippen LogP) is 6.24. The summed E-state index contributed by atoms with van der Waals surface area (Å²) in [7, 11) is 1.41. The number of amides is 1. The fourth-order valence-corrected chi connectivity index (χ4v) is 4.27. The van der Waals surface area contributed by atoms with Crippen molar-refractivity contribution in [3.8, 4) is 0 Å². The molecular formula is C23H37NO7S. The Bertz CT molecular complexity index is 732. The molecule has 0 bridgehead atoms. The second kappa shape index (κ2) is 15.6. The van der Waals surface area contributed by atoms with Crippen molar-refractivity contribution in [1.82, 2.24) is 0 Å². The minimum Gasteiger partial charge on any atom is -0.478 e. The third kappa shape index (κ3) is 9.56. The molecule has 0 spiro atoms. The Morgan fingerprint density at radius 2 is 1.69 bits per heavy atom. The third-order valence-corrected chi connectivity index (χ3v) is 6.04. The topological polar surface area (TPSA) is 111 Å². The molecule has 1 unspecified atom stereocenters. The van der Waals surface area contributed by atoms with Gasteiger partial charge in [-0.1, -0.05) is 52.4 Å². The maximum absolute atomic E-state index is 12.8. The second-order valence-electron chi connectivity index (χ2n) is 7.74. The van der Waals surface area contributed by atoms with E-state index in [-0.39, 0.29) is 40.3 Å². The van der Waals surface area contributed by atoms with Crippen molar-refractivity contribution >= 4 is 34.4 Å². The number of thiophene rings is 1. The minimum absolute atomic E-state index is 0.0334. The highest BCUT2D eigenvalue weighted by Crippen LogP contribution is 2.35. The van der Waals surface area contributed by atoms with Gasteiger partial charge in [-0.3, -0.25) is 5.32 Å². The van der Waals surface area contributed by atoms with E-state index in [0.717, 1.165) is 69.1 Å². The molecule has 0 saturated heterocycles. The highest BCUT2D eigenvalue weighted by Gasteiger charge is 2.29. The Morgan fingerprint density at radius 1 is 1.03 bits per heavy atom.